The molecule has 5 heteroatoms. The molecule has 0 aliphatic rings. The van der Waals surface area contributed by atoms with Crippen molar-refractivity contribution in [2.45, 2.75) is 6.92 Å². The minimum Gasteiger partial charge on any atom is -0.496 e. The molecule has 20 heavy (non-hydrogen) atoms. The number of fused-ring (bicyclic) bond motifs is 1. The summed E-state index contributed by atoms with van der Waals surface area (Å²) in [6, 6.07) is 12.1. The van der Waals surface area contributed by atoms with Crippen LogP contribution in [0, 0.1) is 0 Å². The zero-order chi connectivity index (χ0) is 14.5. The Kier molecular flexibility index (Phi) is 4.53. The Hall–Kier alpha value is -2.14. The van der Waals surface area contributed by atoms with E-state index in [0.29, 0.717) is 5.11 Å². The summed E-state index contributed by atoms with van der Waals surface area (Å²) < 4.78 is 5.39. The van der Waals surface area contributed by atoms with Gasteiger partial charge in [0.05, 0.1) is 12.8 Å². The first-order valence-corrected chi connectivity index (χ1v) is 6.66. The van der Waals surface area contributed by atoms with Gasteiger partial charge >= 0.3 is 0 Å². The molecule has 0 aliphatic heterocycles. The van der Waals surface area contributed by atoms with Gasteiger partial charge in [-0.2, -0.15) is 5.10 Å². The van der Waals surface area contributed by atoms with Crippen LogP contribution >= 0.6 is 12.2 Å². The Morgan fingerprint density at radius 2 is 1.85 bits per heavy atom. The highest BCUT2D eigenvalue weighted by Crippen LogP contribution is 2.28. The number of methoxy groups -OCH3 is 1. The third-order valence-electron chi connectivity index (χ3n) is 3.05. The van der Waals surface area contributed by atoms with Gasteiger partial charge in [-0.05, 0) is 36.7 Å². The molecule has 0 unspecified atom stereocenters. The number of hydrazone groups is 1. The third kappa shape index (κ3) is 2.88. The van der Waals surface area contributed by atoms with Crippen LogP contribution in [0.4, 0.5) is 0 Å². The maximum Gasteiger partial charge on any atom is 0.186 e. The Morgan fingerprint density at radius 3 is 2.50 bits per heavy atom. The van der Waals surface area contributed by atoms with E-state index in [9.17, 15) is 0 Å². The molecule has 0 heterocycles. The maximum atomic E-state index is 5.39. The van der Waals surface area contributed by atoms with E-state index < -0.39 is 0 Å². The van der Waals surface area contributed by atoms with E-state index in [0.717, 1.165) is 27.8 Å². The van der Waals surface area contributed by atoms with Gasteiger partial charge in [0.25, 0.3) is 0 Å². The highest BCUT2D eigenvalue weighted by Gasteiger charge is 2.08. The highest BCUT2D eigenvalue weighted by atomic mass is 32.1. The van der Waals surface area contributed by atoms with Crippen LogP contribution in [0.15, 0.2) is 41.5 Å². The van der Waals surface area contributed by atoms with Crippen molar-refractivity contribution in [2.75, 3.05) is 14.2 Å². The van der Waals surface area contributed by atoms with Gasteiger partial charge in [0.1, 0.15) is 5.75 Å². The average molecular weight is 287 g/mol. The summed E-state index contributed by atoms with van der Waals surface area (Å²) in [7, 11) is 3.43. The summed E-state index contributed by atoms with van der Waals surface area (Å²) in [6.45, 7) is 1.94. The first-order chi connectivity index (χ1) is 9.67. The molecule has 0 aliphatic carbocycles. The highest BCUT2D eigenvalue weighted by molar-refractivity contribution is 7.80. The summed E-state index contributed by atoms with van der Waals surface area (Å²) in [5, 5.41) is 9.77. The molecule has 2 aromatic carbocycles. The predicted molar refractivity (Wildman–Crippen MR) is 87.5 cm³/mol. The molecule has 2 rings (SSSR count). The summed E-state index contributed by atoms with van der Waals surface area (Å²) in [6.07, 6.45) is 0. The van der Waals surface area contributed by atoms with Crippen molar-refractivity contribution in [2.24, 2.45) is 5.10 Å². The second-order valence-corrected chi connectivity index (χ2v) is 4.66. The van der Waals surface area contributed by atoms with E-state index in [1.54, 1.807) is 14.2 Å². The number of thiocarbonyl (C=S) groups is 1. The molecule has 2 aromatic rings. The molecule has 0 radical (unpaired) electrons. The second kappa shape index (κ2) is 6.34. The average Bonchev–Trinajstić information content (AvgIpc) is 2.51. The molecule has 0 bridgehead atoms. The second-order valence-electron chi connectivity index (χ2n) is 4.25. The number of ether oxygens (including phenoxy) is 1. The molecule has 0 atom stereocenters. The summed E-state index contributed by atoms with van der Waals surface area (Å²) >= 11 is 5.01. The smallest absolute Gasteiger partial charge is 0.186 e. The molecule has 0 spiro atoms. The van der Waals surface area contributed by atoms with E-state index in [-0.39, 0.29) is 0 Å². The topological polar surface area (TPSA) is 45.7 Å². The molecule has 0 saturated heterocycles. The van der Waals surface area contributed by atoms with Crippen molar-refractivity contribution in [3.05, 3.63) is 42.0 Å². The van der Waals surface area contributed by atoms with Gasteiger partial charge in [-0.3, -0.25) is 5.43 Å². The van der Waals surface area contributed by atoms with Crippen molar-refractivity contribution in [1.29, 1.82) is 0 Å². The van der Waals surface area contributed by atoms with Crippen LogP contribution in [0.3, 0.4) is 0 Å². The van der Waals surface area contributed by atoms with Crippen LogP contribution < -0.4 is 15.5 Å². The van der Waals surface area contributed by atoms with Crippen molar-refractivity contribution < 1.29 is 4.74 Å². The zero-order valence-electron chi connectivity index (χ0n) is 11.7. The summed E-state index contributed by atoms with van der Waals surface area (Å²) in [4.78, 5) is 0. The van der Waals surface area contributed by atoms with Gasteiger partial charge in [0, 0.05) is 18.0 Å². The fraction of sp³-hybridized carbons (Fsp3) is 0.200. The molecule has 0 amide bonds. The Morgan fingerprint density at radius 1 is 1.15 bits per heavy atom. The van der Waals surface area contributed by atoms with Crippen LogP contribution in [0.2, 0.25) is 0 Å². The first-order valence-electron chi connectivity index (χ1n) is 6.25. The van der Waals surface area contributed by atoms with E-state index in [1.165, 1.54) is 0 Å². The number of rotatable bonds is 3. The SMILES string of the molecule is CNC(=S)N/N=C(/C)c1ccc(OC)c2ccccc12. The monoisotopic (exact) mass is 287 g/mol. The fourth-order valence-corrected chi connectivity index (χ4v) is 2.06. The van der Waals surface area contributed by atoms with E-state index in [4.69, 9.17) is 17.0 Å². The van der Waals surface area contributed by atoms with E-state index in [2.05, 4.69) is 21.9 Å². The predicted octanol–water partition coefficient (Wildman–Crippen LogP) is 2.67. The summed E-state index contributed by atoms with van der Waals surface area (Å²) in [5.74, 6) is 0.857. The van der Waals surface area contributed by atoms with Crippen LogP contribution in [-0.2, 0) is 0 Å². The van der Waals surface area contributed by atoms with Gasteiger partial charge in [0.2, 0.25) is 0 Å². The Balaban J connectivity index is 2.47. The molecule has 104 valence electrons. The normalized spacial score (nSPS) is 11.2. The quantitative estimate of drug-likeness (QED) is 0.517. The van der Waals surface area contributed by atoms with Gasteiger partial charge in [-0.1, -0.05) is 24.3 Å². The first kappa shape index (κ1) is 14.3. The van der Waals surface area contributed by atoms with Gasteiger partial charge in [-0.25, -0.2) is 0 Å². The van der Waals surface area contributed by atoms with E-state index >= 15 is 0 Å². The summed E-state index contributed by atoms with van der Waals surface area (Å²) in [5.41, 5.74) is 4.71. The minimum atomic E-state index is 0.488. The lowest BCUT2D eigenvalue weighted by Crippen LogP contribution is -2.29. The fourth-order valence-electron chi connectivity index (χ4n) is 2.02. The van der Waals surface area contributed by atoms with Gasteiger partial charge in [-0.15, -0.1) is 0 Å². The largest absolute Gasteiger partial charge is 0.496 e. The number of nitrogens with one attached hydrogen (secondary N) is 2. The van der Waals surface area contributed by atoms with Crippen LogP contribution in [-0.4, -0.2) is 25.0 Å². The van der Waals surface area contributed by atoms with Crippen molar-refractivity contribution in [3.63, 3.8) is 0 Å². The number of hydrogen-bond donors (Lipinski definition) is 2. The lowest BCUT2D eigenvalue weighted by molar-refractivity contribution is 0.420. The molecular weight excluding hydrogens is 270 g/mol. The van der Waals surface area contributed by atoms with Crippen molar-refractivity contribution >= 4 is 33.8 Å². The number of hydrogen-bond acceptors (Lipinski definition) is 3. The minimum absolute atomic E-state index is 0.488. The lowest BCUT2D eigenvalue weighted by atomic mass is 10.0. The standard InChI is InChI=1S/C15H17N3OS/c1-10(17-18-15(20)16-2)11-8-9-14(19-3)13-7-5-4-6-12(11)13/h4-9H,1-3H3,(H2,16,18,20)/b17-10-. The van der Waals surface area contributed by atoms with Gasteiger partial charge in [0.15, 0.2) is 5.11 Å². The molecule has 0 aromatic heterocycles. The molecule has 0 saturated carbocycles. The van der Waals surface area contributed by atoms with Crippen LogP contribution in [0.5, 0.6) is 5.75 Å². The molecule has 0 fully saturated rings. The molecule has 2 N–H and O–H groups in total. The maximum absolute atomic E-state index is 5.39. The third-order valence-corrected chi connectivity index (χ3v) is 3.34. The Bertz CT molecular complexity index is 667. The lowest BCUT2D eigenvalue weighted by Gasteiger charge is -2.10. The van der Waals surface area contributed by atoms with E-state index in [1.807, 2.05) is 37.3 Å². The van der Waals surface area contributed by atoms with Crippen molar-refractivity contribution in [1.82, 2.24) is 10.7 Å². The van der Waals surface area contributed by atoms with Crippen LogP contribution in [0.1, 0.15) is 12.5 Å². The Labute approximate surface area is 123 Å². The van der Waals surface area contributed by atoms with Gasteiger partial charge < -0.3 is 10.1 Å². The number of benzene rings is 2. The van der Waals surface area contributed by atoms with Crippen LogP contribution in [0.25, 0.3) is 10.8 Å². The van der Waals surface area contributed by atoms with Crippen molar-refractivity contribution in [3.8, 4) is 5.75 Å². The zero-order valence-corrected chi connectivity index (χ0v) is 12.5. The number of nitrogens with zero attached hydrogens (tertiary/aromatic N) is 1. The molecule has 4 nitrogen and oxygen atoms in total. The molecular formula is C15H17N3OS.